The van der Waals surface area contributed by atoms with E-state index < -0.39 is 23.4 Å². The highest BCUT2D eigenvalue weighted by molar-refractivity contribution is 6.07. The summed E-state index contributed by atoms with van der Waals surface area (Å²) >= 11 is 0. The molecular formula is C19H28N4O4. The fourth-order valence-corrected chi connectivity index (χ4v) is 3.00. The molecule has 1 aliphatic rings. The molecule has 8 heteroatoms. The van der Waals surface area contributed by atoms with E-state index >= 15 is 0 Å². The lowest BCUT2D eigenvalue weighted by atomic mass is 10.00. The van der Waals surface area contributed by atoms with E-state index in [1.54, 1.807) is 21.0 Å². The van der Waals surface area contributed by atoms with Gasteiger partial charge in [0.2, 0.25) is 0 Å². The van der Waals surface area contributed by atoms with E-state index in [2.05, 4.69) is 10.7 Å². The zero-order chi connectivity index (χ0) is 20.2. The van der Waals surface area contributed by atoms with Crippen LogP contribution in [-0.4, -0.2) is 53.5 Å². The van der Waals surface area contributed by atoms with Crippen LogP contribution in [0.25, 0.3) is 0 Å². The largest absolute Gasteiger partial charge is 0.497 e. The fraction of sp³-hybridized carbons (Fsp3) is 0.526. The molecular weight excluding hydrogens is 348 g/mol. The van der Waals surface area contributed by atoms with Crippen molar-refractivity contribution in [2.75, 3.05) is 20.2 Å². The smallest absolute Gasteiger partial charge is 0.344 e. The SMILES string of the molecule is CCN(CC(=O)NN1C(=O)N[C@](C)(CC)C1=O)[C@@H](C)c1cccc(OC)c1. The first-order valence-electron chi connectivity index (χ1n) is 9.09. The molecule has 1 fully saturated rings. The van der Waals surface area contributed by atoms with Gasteiger partial charge in [-0.1, -0.05) is 26.0 Å². The molecule has 0 unspecified atom stereocenters. The Morgan fingerprint density at radius 3 is 2.63 bits per heavy atom. The van der Waals surface area contributed by atoms with Crippen molar-refractivity contribution in [3.05, 3.63) is 29.8 Å². The Balaban J connectivity index is 2.04. The molecule has 1 aromatic rings. The predicted octanol–water partition coefficient (Wildman–Crippen LogP) is 1.83. The van der Waals surface area contributed by atoms with E-state index in [-0.39, 0.29) is 12.6 Å². The highest BCUT2D eigenvalue weighted by Crippen LogP contribution is 2.24. The normalized spacial score (nSPS) is 20.6. The van der Waals surface area contributed by atoms with Crippen molar-refractivity contribution in [3.63, 3.8) is 0 Å². The second kappa shape index (κ2) is 8.39. The van der Waals surface area contributed by atoms with E-state index in [0.717, 1.165) is 16.3 Å². The third-order valence-electron chi connectivity index (χ3n) is 5.08. The Hall–Kier alpha value is -2.61. The molecule has 0 saturated carbocycles. The van der Waals surface area contributed by atoms with Crippen molar-refractivity contribution < 1.29 is 19.1 Å². The van der Waals surface area contributed by atoms with Gasteiger partial charge in [0.1, 0.15) is 11.3 Å². The minimum absolute atomic E-state index is 0.0418. The minimum atomic E-state index is -0.983. The van der Waals surface area contributed by atoms with Crippen molar-refractivity contribution in [3.8, 4) is 5.75 Å². The Morgan fingerprint density at radius 2 is 2.07 bits per heavy atom. The molecule has 2 N–H and O–H groups in total. The summed E-state index contributed by atoms with van der Waals surface area (Å²) in [5, 5.41) is 3.38. The number of rotatable bonds is 8. The number of ether oxygens (including phenoxy) is 1. The number of benzene rings is 1. The van der Waals surface area contributed by atoms with Crippen LogP contribution in [0.5, 0.6) is 5.75 Å². The van der Waals surface area contributed by atoms with Gasteiger partial charge in [-0.15, -0.1) is 0 Å². The van der Waals surface area contributed by atoms with Gasteiger partial charge in [0.05, 0.1) is 13.7 Å². The summed E-state index contributed by atoms with van der Waals surface area (Å²) < 4.78 is 5.26. The van der Waals surface area contributed by atoms with Gasteiger partial charge in [0, 0.05) is 6.04 Å². The number of methoxy groups -OCH3 is 1. The van der Waals surface area contributed by atoms with Gasteiger partial charge in [-0.3, -0.25) is 19.9 Å². The Morgan fingerprint density at radius 1 is 1.37 bits per heavy atom. The molecule has 4 amide bonds. The summed E-state index contributed by atoms with van der Waals surface area (Å²) in [6, 6.07) is 7.01. The number of carbonyl (C=O) groups excluding carboxylic acids is 3. The quantitative estimate of drug-likeness (QED) is 0.676. The summed E-state index contributed by atoms with van der Waals surface area (Å²) in [5.74, 6) is -0.124. The Bertz CT molecular complexity index is 723. The Labute approximate surface area is 159 Å². The van der Waals surface area contributed by atoms with Gasteiger partial charge in [0.15, 0.2) is 0 Å². The third-order valence-corrected chi connectivity index (χ3v) is 5.08. The number of hydrogen-bond donors (Lipinski definition) is 2. The van der Waals surface area contributed by atoms with Gasteiger partial charge in [-0.05, 0) is 44.5 Å². The summed E-state index contributed by atoms with van der Waals surface area (Å²) in [6.45, 7) is 8.06. The highest BCUT2D eigenvalue weighted by Gasteiger charge is 2.47. The van der Waals surface area contributed by atoms with Gasteiger partial charge >= 0.3 is 6.03 Å². The molecule has 0 aromatic heterocycles. The van der Waals surface area contributed by atoms with E-state index in [9.17, 15) is 14.4 Å². The molecule has 2 atom stereocenters. The number of amides is 4. The van der Waals surface area contributed by atoms with E-state index in [1.807, 2.05) is 43.0 Å². The zero-order valence-electron chi connectivity index (χ0n) is 16.5. The monoisotopic (exact) mass is 376 g/mol. The minimum Gasteiger partial charge on any atom is -0.497 e. The van der Waals surface area contributed by atoms with Crippen molar-refractivity contribution in [1.82, 2.24) is 20.7 Å². The molecule has 2 rings (SSSR count). The maximum Gasteiger partial charge on any atom is 0.344 e. The number of imide groups is 1. The van der Waals surface area contributed by atoms with Crippen LogP contribution in [-0.2, 0) is 9.59 Å². The second-order valence-electron chi connectivity index (χ2n) is 6.81. The summed E-state index contributed by atoms with van der Waals surface area (Å²) in [4.78, 5) is 38.8. The van der Waals surface area contributed by atoms with Crippen molar-refractivity contribution in [1.29, 1.82) is 0 Å². The molecule has 1 aromatic carbocycles. The first-order valence-corrected chi connectivity index (χ1v) is 9.09. The Kier molecular flexibility index (Phi) is 6.43. The number of nitrogens with one attached hydrogen (secondary N) is 2. The zero-order valence-corrected chi connectivity index (χ0v) is 16.5. The van der Waals surface area contributed by atoms with Crippen LogP contribution < -0.4 is 15.5 Å². The molecule has 0 aliphatic carbocycles. The molecule has 0 bridgehead atoms. The molecule has 148 valence electrons. The maximum absolute atomic E-state index is 12.5. The van der Waals surface area contributed by atoms with Crippen molar-refractivity contribution >= 4 is 17.8 Å². The number of nitrogens with zero attached hydrogens (tertiary/aromatic N) is 2. The number of hydrazine groups is 1. The van der Waals surface area contributed by atoms with Crippen molar-refractivity contribution in [2.24, 2.45) is 0 Å². The second-order valence-corrected chi connectivity index (χ2v) is 6.81. The fourth-order valence-electron chi connectivity index (χ4n) is 3.00. The molecule has 0 spiro atoms. The lowest BCUT2D eigenvalue weighted by Gasteiger charge is -2.28. The number of likely N-dealkylation sites (N-methyl/N-ethyl adjacent to an activating group) is 1. The van der Waals surface area contributed by atoms with Crippen LogP contribution in [0.4, 0.5) is 4.79 Å². The molecule has 8 nitrogen and oxygen atoms in total. The van der Waals surface area contributed by atoms with Crippen LogP contribution >= 0.6 is 0 Å². The highest BCUT2D eigenvalue weighted by atomic mass is 16.5. The van der Waals surface area contributed by atoms with Gasteiger partial charge in [-0.2, -0.15) is 5.01 Å². The van der Waals surface area contributed by atoms with Crippen LogP contribution in [0.2, 0.25) is 0 Å². The van der Waals surface area contributed by atoms with Crippen LogP contribution in [0.1, 0.15) is 45.7 Å². The van der Waals surface area contributed by atoms with E-state index in [1.165, 1.54) is 0 Å². The standard InChI is InChI=1S/C19H28N4O4/c1-6-19(4)17(25)23(18(26)20-19)21-16(24)12-22(7-2)13(3)14-9-8-10-15(11-14)27-5/h8-11,13H,6-7,12H2,1-5H3,(H,20,26)(H,21,24)/t13-,19+/m0/s1. The third kappa shape index (κ3) is 4.39. The van der Waals surface area contributed by atoms with Gasteiger partial charge < -0.3 is 10.1 Å². The molecule has 1 saturated heterocycles. The van der Waals surface area contributed by atoms with Crippen LogP contribution in [0.3, 0.4) is 0 Å². The summed E-state index contributed by atoms with van der Waals surface area (Å²) in [7, 11) is 1.61. The van der Waals surface area contributed by atoms with Crippen LogP contribution in [0.15, 0.2) is 24.3 Å². The van der Waals surface area contributed by atoms with E-state index in [0.29, 0.717) is 13.0 Å². The number of hydrogen-bond acceptors (Lipinski definition) is 5. The van der Waals surface area contributed by atoms with E-state index in [4.69, 9.17) is 4.74 Å². The molecule has 27 heavy (non-hydrogen) atoms. The van der Waals surface area contributed by atoms with Gasteiger partial charge in [0.25, 0.3) is 11.8 Å². The molecule has 1 aliphatic heterocycles. The summed E-state index contributed by atoms with van der Waals surface area (Å²) in [5.41, 5.74) is 2.46. The maximum atomic E-state index is 12.5. The van der Waals surface area contributed by atoms with Gasteiger partial charge in [-0.25, -0.2) is 4.79 Å². The van der Waals surface area contributed by atoms with Crippen LogP contribution in [0, 0.1) is 0 Å². The first kappa shape index (κ1) is 20.7. The number of carbonyl (C=O) groups is 3. The molecule has 0 radical (unpaired) electrons. The predicted molar refractivity (Wildman–Crippen MR) is 101 cm³/mol. The average Bonchev–Trinajstić information content (AvgIpc) is 2.89. The lowest BCUT2D eigenvalue weighted by molar-refractivity contribution is -0.139. The summed E-state index contributed by atoms with van der Waals surface area (Å²) in [6.07, 6.45) is 0.442. The lowest BCUT2D eigenvalue weighted by Crippen LogP contribution is -2.51. The number of urea groups is 1. The topological polar surface area (TPSA) is 91.0 Å². The first-order chi connectivity index (χ1) is 12.8. The van der Waals surface area contributed by atoms with Crippen molar-refractivity contribution in [2.45, 2.75) is 45.7 Å². The average molecular weight is 376 g/mol. The molecule has 1 heterocycles.